The first-order valence-electron chi connectivity index (χ1n) is 13.6. The molecule has 2 aliphatic rings. The molecule has 6 rings (SSSR count). The maximum absolute atomic E-state index is 14.1. The van der Waals surface area contributed by atoms with Crippen molar-refractivity contribution in [2.45, 2.75) is 51.9 Å². The summed E-state index contributed by atoms with van der Waals surface area (Å²) in [6.45, 7) is 3.19. The van der Waals surface area contributed by atoms with Crippen LogP contribution in [0.15, 0.2) is 47.3 Å². The zero-order chi connectivity index (χ0) is 29.5. The second kappa shape index (κ2) is 11.2. The van der Waals surface area contributed by atoms with Crippen molar-refractivity contribution in [3.05, 3.63) is 96.9 Å². The maximum atomic E-state index is 14.1. The van der Waals surface area contributed by atoms with Gasteiger partial charge in [-0.1, -0.05) is 23.2 Å². The van der Waals surface area contributed by atoms with Crippen LogP contribution in [-0.4, -0.2) is 54.1 Å². The van der Waals surface area contributed by atoms with Gasteiger partial charge < -0.3 is 20.1 Å². The van der Waals surface area contributed by atoms with Crippen molar-refractivity contribution >= 4 is 41.0 Å². The molecule has 2 aliphatic heterocycles. The molecule has 4 aromatic rings. The Hall–Kier alpha value is -4.22. The highest BCUT2D eigenvalue weighted by molar-refractivity contribution is 6.42. The van der Waals surface area contributed by atoms with Gasteiger partial charge in [0, 0.05) is 42.7 Å². The molecule has 42 heavy (non-hydrogen) atoms. The van der Waals surface area contributed by atoms with Gasteiger partial charge in [0.25, 0.3) is 17.4 Å². The number of carbonyl (C=O) groups is 2. The molecule has 2 aromatic heterocycles. The molecule has 216 valence electrons. The van der Waals surface area contributed by atoms with Crippen LogP contribution in [0.3, 0.4) is 0 Å². The summed E-state index contributed by atoms with van der Waals surface area (Å²) in [6, 6.07) is 11.3. The Morgan fingerprint density at radius 3 is 2.55 bits per heavy atom. The molecule has 0 spiro atoms. The van der Waals surface area contributed by atoms with Gasteiger partial charge in [-0.2, -0.15) is 0 Å². The van der Waals surface area contributed by atoms with E-state index in [0.29, 0.717) is 57.0 Å². The van der Waals surface area contributed by atoms with Crippen molar-refractivity contribution in [2.24, 2.45) is 0 Å². The van der Waals surface area contributed by atoms with Gasteiger partial charge in [0.05, 0.1) is 34.5 Å². The quantitative estimate of drug-likeness (QED) is 0.343. The van der Waals surface area contributed by atoms with Crippen LogP contribution in [-0.2, 0) is 32.5 Å². The summed E-state index contributed by atoms with van der Waals surface area (Å²) in [5, 5.41) is 15.1. The van der Waals surface area contributed by atoms with Gasteiger partial charge in [-0.05, 0) is 62.2 Å². The van der Waals surface area contributed by atoms with E-state index in [1.165, 1.54) is 4.57 Å². The molecule has 0 radical (unpaired) electrons. The van der Waals surface area contributed by atoms with Gasteiger partial charge in [0.2, 0.25) is 5.95 Å². The average Bonchev–Trinajstić information content (AvgIpc) is 3.62. The van der Waals surface area contributed by atoms with Crippen LogP contribution in [0.2, 0.25) is 10.0 Å². The van der Waals surface area contributed by atoms with Crippen LogP contribution < -0.4 is 16.2 Å². The van der Waals surface area contributed by atoms with E-state index in [1.54, 1.807) is 54.4 Å². The van der Waals surface area contributed by atoms with Crippen molar-refractivity contribution in [1.29, 1.82) is 0 Å². The van der Waals surface area contributed by atoms with Crippen molar-refractivity contribution in [3.8, 4) is 5.69 Å². The largest absolute Gasteiger partial charge is 0.355 e. The lowest BCUT2D eigenvalue weighted by Crippen LogP contribution is -2.46. The minimum atomic E-state index is -0.268. The van der Waals surface area contributed by atoms with Crippen LogP contribution in [0.25, 0.3) is 5.69 Å². The normalized spacial score (nSPS) is 15.7. The van der Waals surface area contributed by atoms with Gasteiger partial charge in [-0.15, -0.1) is 10.2 Å². The number of aromatic nitrogens is 5. The molecule has 2 N–H and O–H groups in total. The third-order valence-electron chi connectivity index (χ3n) is 7.75. The van der Waals surface area contributed by atoms with E-state index in [9.17, 15) is 14.4 Å². The van der Waals surface area contributed by atoms with E-state index in [1.807, 2.05) is 6.92 Å². The van der Waals surface area contributed by atoms with Crippen LogP contribution in [0.4, 0.5) is 5.95 Å². The Morgan fingerprint density at radius 1 is 1.05 bits per heavy atom. The number of halogens is 2. The summed E-state index contributed by atoms with van der Waals surface area (Å²) >= 11 is 12.2. The fourth-order valence-corrected chi connectivity index (χ4v) is 5.79. The number of benzene rings is 2. The Kier molecular flexibility index (Phi) is 7.46. The SMILES string of the molecule is CNC(=O)c1ccc(-n2c(NCc3nnc4n3CCC4)nc3c(c2=O)C[C@@H](C)N(C(=O)c2ccc(Cl)c(Cl)c2)C3)cc1. The lowest BCUT2D eigenvalue weighted by Gasteiger charge is -2.34. The van der Waals surface area contributed by atoms with Gasteiger partial charge in [-0.25, -0.2) is 9.55 Å². The van der Waals surface area contributed by atoms with E-state index in [0.717, 1.165) is 31.0 Å². The first-order valence-corrected chi connectivity index (χ1v) is 14.4. The minimum absolute atomic E-state index is 0.149. The molecule has 1 atom stereocenters. The standard InChI is InChI=1S/C29H28Cl2N8O3/c1-16-12-20-23(15-38(16)27(41)18-7-10-21(30)22(31)13-18)34-29(33-14-25-36-35-24-4-3-11-37(24)25)39(28(20)42)19-8-5-17(6-9-19)26(40)32-2/h5-10,13,16H,3-4,11-12,14-15H2,1-2H3,(H,32,40)(H,33,34)/t16-/m1/s1. The van der Waals surface area contributed by atoms with E-state index < -0.39 is 0 Å². The Balaban J connectivity index is 1.38. The van der Waals surface area contributed by atoms with Crippen molar-refractivity contribution < 1.29 is 9.59 Å². The zero-order valence-electron chi connectivity index (χ0n) is 23.0. The van der Waals surface area contributed by atoms with E-state index in [-0.39, 0.29) is 30.0 Å². The number of fused-ring (bicyclic) bond motifs is 2. The number of hydrogen-bond acceptors (Lipinski definition) is 7. The molecule has 0 fully saturated rings. The van der Waals surface area contributed by atoms with Crippen molar-refractivity contribution in [1.82, 2.24) is 34.5 Å². The third-order valence-corrected chi connectivity index (χ3v) is 8.49. The second-order valence-electron chi connectivity index (χ2n) is 10.4. The molecule has 11 nitrogen and oxygen atoms in total. The summed E-state index contributed by atoms with van der Waals surface area (Å²) in [7, 11) is 1.56. The number of nitrogens with zero attached hydrogens (tertiary/aromatic N) is 6. The molecule has 2 aromatic carbocycles. The summed E-state index contributed by atoms with van der Waals surface area (Å²) in [5.41, 5.74) is 2.24. The summed E-state index contributed by atoms with van der Waals surface area (Å²) < 4.78 is 3.59. The van der Waals surface area contributed by atoms with E-state index >= 15 is 0 Å². The highest BCUT2D eigenvalue weighted by Crippen LogP contribution is 2.28. The number of anilines is 1. The predicted octanol–water partition coefficient (Wildman–Crippen LogP) is 3.64. The first kappa shape index (κ1) is 27.9. The number of hydrogen-bond donors (Lipinski definition) is 2. The van der Waals surface area contributed by atoms with Gasteiger partial charge in [0.15, 0.2) is 5.82 Å². The van der Waals surface area contributed by atoms with E-state index in [4.69, 9.17) is 28.2 Å². The second-order valence-corrected chi connectivity index (χ2v) is 11.2. The Labute approximate surface area is 251 Å². The molecule has 0 saturated carbocycles. The summed E-state index contributed by atoms with van der Waals surface area (Å²) in [5.74, 6) is 1.55. The molecule has 0 aliphatic carbocycles. The highest BCUT2D eigenvalue weighted by Gasteiger charge is 2.32. The molecule has 0 bridgehead atoms. The fourth-order valence-electron chi connectivity index (χ4n) is 5.49. The Morgan fingerprint density at radius 2 is 1.81 bits per heavy atom. The lowest BCUT2D eigenvalue weighted by atomic mass is 9.98. The number of nitrogens with one attached hydrogen (secondary N) is 2. The van der Waals surface area contributed by atoms with Crippen LogP contribution in [0.5, 0.6) is 0 Å². The van der Waals surface area contributed by atoms with Gasteiger partial charge >= 0.3 is 0 Å². The van der Waals surface area contributed by atoms with Crippen molar-refractivity contribution in [3.63, 3.8) is 0 Å². The van der Waals surface area contributed by atoms with Crippen LogP contribution in [0, 0.1) is 0 Å². The van der Waals surface area contributed by atoms with Crippen LogP contribution in [0.1, 0.15) is 57.0 Å². The van der Waals surface area contributed by atoms with Crippen molar-refractivity contribution in [2.75, 3.05) is 12.4 Å². The number of carbonyl (C=O) groups excluding carboxylic acids is 2. The molecule has 0 unspecified atom stereocenters. The third kappa shape index (κ3) is 5.03. The Bertz CT molecular complexity index is 1770. The monoisotopic (exact) mass is 606 g/mol. The number of rotatable bonds is 6. The van der Waals surface area contributed by atoms with Gasteiger partial charge in [0.1, 0.15) is 5.82 Å². The topological polar surface area (TPSA) is 127 Å². The van der Waals surface area contributed by atoms with Gasteiger partial charge in [-0.3, -0.25) is 14.4 Å². The highest BCUT2D eigenvalue weighted by atomic mass is 35.5. The smallest absolute Gasteiger partial charge is 0.263 e. The molecule has 13 heteroatoms. The van der Waals surface area contributed by atoms with Crippen LogP contribution >= 0.6 is 23.2 Å². The molecule has 4 heterocycles. The predicted molar refractivity (Wildman–Crippen MR) is 158 cm³/mol. The summed E-state index contributed by atoms with van der Waals surface area (Å²) in [4.78, 5) is 46.2. The summed E-state index contributed by atoms with van der Waals surface area (Å²) in [6.07, 6.45) is 2.22. The number of aryl methyl sites for hydroxylation is 1. The number of amides is 2. The first-order chi connectivity index (χ1) is 20.2. The fraction of sp³-hybridized carbons (Fsp3) is 0.310. The average molecular weight is 608 g/mol. The lowest BCUT2D eigenvalue weighted by molar-refractivity contribution is 0.0653. The molecular weight excluding hydrogens is 579 g/mol. The zero-order valence-corrected chi connectivity index (χ0v) is 24.5. The molecular formula is C29H28Cl2N8O3. The molecule has 2 amide bonds. The van der Waals surface area contributed by atoms with E-state index in [2.05, 4.69) is 25.4 Å². The maximum Gasteiger partial charge on any atom is 0.263 e. The molecule has 0 saturated heterocycles. The minimum Gasteiger partial charge on any atom is -0.355 e.